The molecule has 1 saturated carbocycles. The summed E-state index contributed by atoms with van der Waals surface area (Å²) in [5, 5.41) is 13.7. The van der Waals surface area contributed by atoms with E-state index in [4.69, 9.17) is 9.47 Å². The van der Waals surface area contributed by atoms with Crippen LogP contribution in [0.15, 0.2) is 152 Å². The minimum atomic E-state index is -1.05. The van der Waals surface area contributed by atoms with Gasteiger partial charge in [0, 0.05) is 32.2 Å². The van der Waals surface area contributed by atoms with E-state index >= 15 is 4.79 Å². The lowest BCUT2D eigenvalue weighted by Gasteiger charge is -2.46. The van der Waals surface area contributed by atoms with Gasteiger partial charge in [-0.2, -0.15) is 0 Å². The molecule has 2 aliphatic rings. The maximum absolute atomic E-state index is 15.1. The highest BCUT2D eigenvalue weighted by Gasteiger charge is 2.52. The molecule has 61 heavy (non-hydrogen) atoms. The number of carbonyl (C=O) groups is 1. The van der Waals surface area contributed by atoms with E-state index in [1.165, 1.54) is 30.4 Å². The highest BCUT2D eigenvalue weighted by Crippen LogP contribution is 2.38. The molecule has 322 valence electrons. The van der Waals surface area contributed by atoms with Gasteiger partial charge in [-0.05, 0) is 74.3 Å². The normalized spacial score (nSPS) is 18.4. The maximum atomic E-state index is 15.1. The van der Waals surface area contributed by atoms with Crippen LogP contribution in [-0.4, -0.2) is 68.1 Å². The summed E-state index contributed by atoms with van der Waals surface area (Å²) in [5.41, 5.74) is 4.27. The summed E-state index contributed by atoms with van der Waals surface area (Å²) in [6.07, 6.45) is 4.83. The van der Waals surface area contributed by atoms with E-state index in [-0.39, 0.29) is 6.04 Å². The summed E-state index contributed by atoms with van der Waals surface area (Å²) in [4.78, 5) is 21.8. The van der Waals surface area contributed by atoms with Crippen molar-refractivity contribution in [3.8, 4) is 0 Å². The third-order valence-electron chi connectivity index (χ3n) is 12.9. The van der Waals surface area contributed by atoms with Gasteiger partial charge in [-0.15, -0.1) is 0 Å². The van der Waals surface area contributed by atoms with Crippen molar-refractivity contribution in [1.82, 2.24) is 14.7 Å². The van der Waals surface area contributed by atoms with Crippen LogP contribution in [0.5, 0.6) is 0 Å². The van der Waals surface area contributed by atoms with Crippen molar-refractivity contribution >= 4 is 6.09 Å². The van der Waals surface area contributed by atoms with Crippen LogP contribution in [0.1, 0.15) is 94.0 Å². The first-order valence-corrected chi connectivity index (χ1v) is 22.6. The molecule has 5 aromatic rings. The standard InChI is InChI=1S/C54H67N3O4/c1-53(2)41-60-54(3,4)57(53)52(59)61-51(49(36-43-25-13-6-14-26-43)56(39-46-31-19-9-20-32-46)40-47-33-21-10-22-34-47)50(58)48(35-42-23-11-5-12-24-42)55(37-44-27-15-7-16-28-44)38-45-29-17-8-18-30-45/h6-10,13-22,25-34,42,48-51,58H,5,11-12,23-24,35-41H2,1-4H3/t48-,49-,50-,51-/m0/s1. The molecule has 1 aliphatic heterocycles. The molecule has 7 rings (SSSR count). The predicted molar refractivity (Wildman–Crippen MR) is 245 cm³/mol. The molecular weight excluding hydrogens is 755 g/mol. The Bertz CT molecular complexity index is 1940. The fraction of sp³-hybridized carbons (Fsp3) is 0.426. The van der Waals surface area contributed by atoms with E-state index < -0.39 is 35.6 Å². The van der Waals surface area contributed by atoms with Gasteiger partial charge in [0.2, 0.25) is 0 Å². The van der Waals surface area contributed by atoms with E-state index in [0.29, 0.717) is 45.1 Å². The van der Waals surface area contributed by atoms with Gasteiger partial charge in [0.15, 0.2) is 0 Å². The Morgan fingerprint density at radius 1 is 0.623 bits per heavy atom. The van der Waals surface area contributed by atoms with Crippen molar-refractivity contribution in [2.24, 2.45) is 5.92 Å². The average Bonchev–Trinajstić information content (AvgIpc) is 3.51. The first kappa shape index (κ1) is 44.3. The van der Waals surface area contributed by atoms with E-state index in [1.54, 1.807) is 4.90 Å². The fourth-order valence-corrected chi connectivity index (χ4v) is 9.87. The number of carbonyl (C=O) groups excluding carboxylic acids is 1. The van der Waals surface area contributed by atoms with Crippen molar-refractivity contribution < 1.29 is 19.4 Å². The molecule has 0 bridgehead atoms. The summed E-state index contributed by atoms with van der Waals surface area (Å²) < 4.78 is 13.3. The Kier molecular flexibility index (Phi) is 15.1. The Morgan fingerprint density at radius 3 is 1.41 bits per heavy atom. The fourth-order valence-electron chi connectivity index (χ4n) is 9.87. The van der Waals surface area contributed by atoms with Gasteiger partial charge in [-0.1, -0.05) is 184 Å². The predicted octanol–water partition coefficient (Wildman–Crippen LogP) is 11.1. The lowest BCUT2D eigenvalue weighted by Crippen LogP contribution is -2.60. The lowest BCUT2D eigenvalue weighted by atomic mass is 9.81. The van der Waals surface area contributed by atoms with Crippen molar-refractivity contribution in [2.75, 3.05) is 6.61 Å². The zero-order valence-electron chi connectivity index (χ0n) is 36.8. The molecule has 2 fully saturated rings. The van der Waals surface area contributed by atoms with Crippen molar-refractivity contribution in [3.05, 3.63) is 179 Å². The third-order valence-corrected chi connectivity index (χ3v) is 12.9. The van der Waals surface area contributed by atoms with Crippen LogP contribution in [0.4, 0.5) is 4.79 Å². The van der Waals surface area contributed by atoms with Gasteiger partial charge >= 0.3 is 6.09 Å². The Hall–Kier alpha value is -4.79. The number of benzene rings is 5. The van der Waals surface area contributed by atoms with Gasteiger partial charge < -0.3 is 14.6 Å². The summed E-state index contributed by atoms with van der Waals surface area (Å²) in [6.45, 7) is 10.8. The zero-order valence-corrected chi connectivity index (χ0v) is 36.8. The number of amides is 1. The van der Waals surface area contributed by atoms with Crippen LogP contribution in [0, 0.1) is 5.92 Å². The van der Waals surface area contributed by atoms with Gasteiger partial charge in [-0.25, -0.2) is 4.79 Å². The molecule has 7 heteroatoms. The largest absolute Gasteiger partial charge is 0.442 e. The number of hydrogen-bond acceptors (Lipinski definition) is 6. The van der Waals surface area contributed by atoms with Gasteiger partial charge in [0.1, 0.15) is 17.9 Å². The van der Waals surface area contributed by atoms with Crippen LogP contribution in [-0.2, 0) is 42.1 Å². The molecule has 0 unspecified atom stereocenters. The van der Waals surface area contributed by atoms with E-state index in [0.717, 1.165) is 36.0 Å². The highest BCUT2D eigenvalue weighted by molar-refractivity contribution is 5.70. The molecule has 1 N–H and O–H groups in total. The molecule has 5 aromatic carbocycles. The van der Waals surface area contributed by atoms with E-state index in [2.05, 4.69) is 143 Å². The van der Waals surface area contributed by atoms with Crippen molar-refractivity contribution in [2.45, 2.75) is 134 Å². The first-order chi connectivity index (χ1) is 29.6. The number of aliphatic hydroxyl groups excluding tert-OH is 1. The summed E-state index contributed by atoms with van der Waals surface area (Å²) in [6, 6.07) is 52.0. The Labute approximate surface area is 365 Å². The van der Waals surface area contributed by atoms with Crippen molar-refractivity contribution in [3.63, 3.8) is 0 Å². The first-order valence-electron chi connectivity index (χ1n) is 22.6. The van der Waals surface area contributed by atoms with Crippen LogP contribution >= 0.6 is 0 Å². The van der Waals surface area contributed by atoms with Crippen LogP contribution in [0.2, 0.25) is 0 Å². The van der Waals surface area contributed by atoms with Crippen LogP contribution in [0.25, 0.3) is 0 Å². The zero-order chi connectivity index (χ0) is 42.7. The Balaban J connectivity index is 1.39. The van der Waals surface area contributed by atoms with Gasteiger partial charge in [0.25, 0.3) is 0 Å². The average molecular weight is 822 g/mol. The number of hydrogen-bond donors (Lipinski definition) is 1. The summed E-state index contributed by atoms with van der Waals surface area (Å²) >= 11 is 0. The van der Waals surface area contributed by atoms with Gasteiger partial charge in [-0.3, -0.25) is 14.7 Å². The van der Waals surface area contributed by atoms with Crippen LogP contribution < -0.4 is 0 Å². The second kappa shape index (κ2) is 20.9. The maximum Gasteiger partial charge on any atom is 0.413 e. The molecule has 0 spiro atoms. The van der Waals surface area contributed by atoms with Gasteiger partial charge in [0.05, 0.1) is 18.2 Å². The second-order valence-corrected chi connectivity index (χ2v) is 18.5. The molecule has 1 heterocycles. The SMILES string of the molecule is CC1(C)COC(C)(C)N1C(=O)O[C@H]([C@@H](O)[C@H](CC1CCCCC1)N(Cc1ccccc1)Cc1ccccc1)[C@H](Cc1ccccc1)N(Cc1ccccc1)Cc1ccccc1. The minimum Gasteiger partial charge on any atom is -0.442 e. The lowest BCUT2D eigenvalue weighted by molar-refractivity contribution is -0.113. The molecule has 1 amide bonds. The van der Waals surface area contributed by atoms with Crippen molar-refractivity contribution in [1.29, 1.82) is 0 Å². The monoisotopic (exact) mass is 822 g/mol. The van der Waals surface area contributed by atoms with E-state index in [9.17, 15) is 5.11 Å². The Morgan fingerprint density at radius 2 is 1.02 bits per heavy atom. The second-order valence-electron chi connectivity index (χ2n) is 18.5. The minimum absolute atomic E-state index is 0.328. The third kappa shape index (κ3) is 12.0. The van der Waals surface area contributed by atoms with Crippen LogP contribution in [0.3, 0.4) is 0 Å². The highest BCUT2D eigenvalue weighted by atomic mass is 16.6. The molecule has 0 aromatic heterocycles. The topological polar surface area (TPSA) is 65.5 Å². The number of rotatable bonds is 18. The molecule has 1 saturated heterocycles. The van der Waals surface area contributed by atoms with E-state index in [1.807, 2.05) is 45.9 Å². The molecular formula is C54H67N3O4. The molecule has 1 aliphatic carbocycles. The number of aliphatic hydroxyl groups is 1. The summed E-state index contributed by atoms with van der Waals surface area (Å²) in [7, 11) is 0. The quantitative estimate of drug-likeness (QED) is 0.0950. The molecule has 0 radical (unpaired) electrons. The number of nitrogens with zero attached hydrogens (tertiary/aromatic N) is 3. The molecule has 4 atom stereocenters. The number of ether oxygens (including phenoxy) is 2. The summed E-state index contributed by atoms with van der Waals surface area (Å²) in [5.74, 6) is 0.445. The molecule has 7 nitrogen and oxygen atoms in total. The smallest absolute Gasteiger partial charge is 0.413 e.